The molecule has 146 valence electrons. The van der Waals surface area contributed by atoms with E-state index in [1.807, 2.05) is 12.1 Å². The topological polar surface area (TPSA) is 106 Å². The second-order valence-corrected chi connectivity index (χ2v) is 6.66. The summed E-state index contributed by atoms with van der Waals surface area (Å²) in [6.07, 6.45) is 0.114. The minimum absolute atomic E-state index is 0.111. The zero-order chi connectivity index (χ0) is 20.3. The van der Waals surface area contributed by atoms with Gasteiger partial charge in [-0.2, -0.15) is 0 Å². The zero-order valence-electron chi connectivity index (χ0n) is 15.8. The van der Waals surface area contributed by atoms with Crippen molar-refractivity contribution in [2.24, 2.45) is 0 Å². The lowest BCUT2D eigenvalue weighted by molar-refractivity contribution is 0.172. The van der Waals surface area contributed by atoms with Gasteiger partial charge in [0.2, 0.25) is 0 Å². The van der Waals surface area contributed by atoms with Crippen LogP contribution in [-0.2, 0) is 12.8 Å². The Morgan fingerprint density at radius 1 is 1.18 bits per heavy atom. The molecular weight excluding hydrogens is 360 g/mol. The van der Waals surface area contributed by atoms with Gasteiger partial charge in [0.1, 0.15) is 11.3 Å². The molecule has 3 aromatic rings. The smallest absolute Gasteiger partial charge is 0.414 e. The minimum Gasteiger partial charge on any atom is -0.422 e. The molecule has 0 spiro atoms. The standard InChI is InChI=1S/C21H22N2O5/c1-23(2)21(26)27-15-6-7-17-16(8-9-24)18(20(25)28-19(17)12-15)11-13-4-3-5-14(22)10-13/h3-7,10,12,24H,8-9,11,22H2,1-2H3. The molecule has 0 saturated heterocycles. The highest BCUT2D eigenvalue weighted by Gasteiger charge is 2.16. The van der Waals surface area contributed by atoms with Gasteiger partial charge in [0.15, 0.2) is 0 Å². The van der Waals surface area contributed by atoms with Crippen LogP contribution in [-0.4, -0.2) is 36.8 Å². The number of benzene rings is 2. The number of nitrogen functional groups attached to an aromatic ring is 1. The van der Waals surface area contributed by atoms with E-state index >= 15 is 0 Å². The second kappa shape index (κ2) is 8.14. The number of aliphatic hydroxyl groups is 1. The fourth-order valence-electron chi connectivity index (χ4n) is 3.02. The summed E-state index contributed by atoms with van der Waals surface area (Å²) < 4.78 is 10.7. The molecule has 7 heteroatoms. The zero-order valence-corrected chi connectivity index (χ0v) is 15.8. The van der Waals surface area contributed by atoms with Crippen LogP contribution in [0.3, 0.4) is 0 Å². The van der Waals surface area contributed by atoms with Crippen LogP contribution in [0, 0.1) is 0 Å². The van der Waals surface area contributed by atoms with Gasteiger partial charge in [0.25, 0.3) is 0 Å². The number of aliphatic hydroxyl groups excluding tert-OH is 1. The number of anilines is 1. The van der Waals surface area contributed by atoms with E-state index in [4.69, 9.17) is 14.9 Å². The van der Waals surface area contributed by atoms with E-state index in [1.54, 1.807) is 38.4 Å². The lowest BCUT2D eigenvalue weighted by Crippen LogP contribution is -2.25. The summed E-state index contributed by atoms with van der Waals surface area (Å²) in [6, 6.07) is 12.1. The van der Waals surface area contributed by atoms with Gasteiger partial charge in [0, 0.05) is 49.8 Å². The summed E-state index contributed by atoms with van der Waals surface area (Å²) in [7, 11) is 3.15. The second-order valence-electron chi connectivity index (χ2n) is 6.66. The van der Waals surface area contributed by atoms with Crippen LogP contribution >= 0.6 is 0 Å². The fourth-order valence-corrected chi connectivity index (χ4v) is 3.02. The van der Waals surface area contributed by atoms with Crippen molar-refractivity contribution >= 4 is 22.7 Å². The number of carbonyl (C=O) groups is 1. The van der Waals surface area contributed by atoms with E-state index in [0.717, 1.165) is 5.56 Å². The summed E-state index contributed by atoms with van der Waals surface area (Å²) in [5, 5.41) is 10.2. The largest absolute Gasteiger partial charge is 0.422 e. The van der Waals surface area contributed by atoms with Gasteiger partial charge in [-0.3, -0.25) is 0 Å². The SMILES string of the molecule is CN(C)C(=O)Oc1ccc2c(CCO)c(Cc3cccc(N)c3)c(=O)oc2c1. The fraction of sp³-hybridized carbons (Fsp3) is 0.238. The van der Waals surface area contributed by atoms with Crippen molar-refractivity contribution in [2.75, 3.05) is 26.4 Å². The Hall–Kier alpha value is -3.32. The highest BCUT2D eigenvalue weighted by Crippen LogP contribution is 2.27. The number of hydrogen-bond donors (Lipinski definition) is 2. The maximum Gasteiger partial charge on any atom is 0.414 e. The molecule has 0 aliphatic rings. The number of carbonyl (C=O) groups excluding carboxylic acids is 1. The Kier molecular flexibility index (Phi) is 5.65. The first-order chi connectivity index (χ1) is 13.4. The van der Waals surface area contributed by atoms with E-state index in [-0.39, 0.29) is 12.4 Å². The maximum absolute atomic E-state index is 12.7. The summed E-state index contributed by atoms with van der Waals surface area (Å²) >= 11 is 0. The highest BCUT2D eigenvalue weighted by molar-refractivity contribution is 5.83. The predicted octanol–water partition coefficient (Wildman–Crippen LogP) is 2.56. The monoisotopic (exact) mass is 382 g/mol. The van der Waals surface area contributed by atoms with Gasteiger partial charge < -0.3 is 24.9 Å². The third kappa shape index (κ3) is 4.15. The first-order valence-corrected chi connectivity index (χ1v) is 8.82. The van der Waals surface area contributed by atoms with E-state index in [1.165, 1.54) is 11.0 Å². The maximum atomic E-state index is 12.7. The predicted molar refractivity (Wildman–Crippen MR) is 107 cm³/mol. The quantitative estimate of drug-likeness (QED) is 0.519. The molecule has 0 atom stereocenters. The molecule has 2 aromatic carbocycles. The van der Waals surface area contributed by atoms with Gasteiger partial charge in [-0.1, -0.05) is 12.1 Å². The number of rotatable bonds is 5. The first kappa shape index (κ1) is 19.4. The minimum atomic E-state index is -0.532. The number of fused-ring (bicyclic) bond motifs is 1. The Morgan fingerprint density at radius 3 is 2.64 bits per heavy atom. The van der Waals surface area contributed by atoms with Crippen LogP contribution in [0.25, 0.3) is 11.0 Å². The van der Waals surface area contributed by atoms with Crippen molar-refractivity contribution in [1.82, 2.24) is 4.90 Å². The van der Waals surface area contributed by atoms with Crippen LogP contribution in [0.1, 0.15) is 16.7 Å². The molecule has 0 unspecified atom stereocenters. The van der Waals surface area contributed by atoms with E-state index in [2.05, 4.69) is 0 Å². The first-order valence-electron chi connectivity index (χ1n) is 8.82. The lowest BCUT2D eigenvalue weighted by Gasteiger charge is -2.13. The number of nitrogens with two attached hydrogens (primary N) is 1. The molecule has 28 heavy (non-hydrogen) atoms. The van der Waals surface area contributed by atoms with E-state index < -0.39 is 11.7 Å². The van der Waals surface area contributed by atoms with Crippen LogP contribution < -0.4 is 16.1 Å². The molecular formula is C21H22N2O5. The molecule has 0 radical (unpaired) electrons. The average molecular weight is 382 g/mol. The van der Waals surface area contributed by atoms with Crippen molar-refractivity contribution in [3.8, 4) is 5.75 Å². The average Bonchev–Trinajstić information content (AvgIpc) is 2.64. The number of amides is 1. The Balaban J connectivity index is 2.07. The summed E-state index contributed by atoms with van der Waals surface area (Å²) in [4.78, 5) is 25.7. The molecule has 0 fully saturated rings. The molecule has 7 nitrogen and oxygen atoms in total. The summed E-state index contributed by atoms with van der Waals surface area (Å²) in [5.41, 5.74) is 8.31. The number of hydrogen-bond acceptors (Lipinski definition) is 6. The molecule has 0 aliphatic heterocycles. The Bertz CT molecular complexity index is 1070. The number of ether oxygens (including phenoxy) is 1. The van der Waals surface area contributed by atoms with Crippen molar-refractivity contribution < 1.29 is 19.1 Å². The van der Waals surface area contributed by atoms with Crippen molar-refractivity contribution in [1.29, 1.82) is 0 Å². The Labute approximate surface area is 161 Å². The molecule has 1 amide bonds. The molecule has 3 rings (SSSR count). The highest BCUT2D eigenvalue weighted by atomic mass is 16.6. The van der Waals surface area contributed by atoms with Gasteiger partial charge in [-0.05, 0) is 41.8 Å². The third-order valence-corrected chi connectivity index (χ3v) is 4.36. The molecule has 0 saturated carbocycles. The van der Waals surface area contributed by atoms with Crippen molar-refractivity contribution in [3.63, 3.8) is 0 Å². The van der Waals surface area contributed by atoms with Gasteiger partial charge in [-0.15, -0.1) is 0 Å². The van der Waals surface area contributed by atoms with Gasteiger partial charge in [0.05, 0.1) is 0 Å². The molecule has 1 heterocycles. The molecule has 1 aromatic heterocycles. The van der Waals surface area contributed by atoms with Crippen LogP contribution in [0.4, 0.5) is 10.5 Å². The summed E-state index contributed by atoms with van der Waals surface area (Å²) in [5.74, 6) is 0.271. The summed E-state index contributed by atoms with van der Waals surface area (Å²) in [6.45, 7) is -0.111. The molecule has 0 bridgehead atoms. The van der Waals surface area contributed by atoms with Crippen LogP contribution in [0.5, 0.6) is 5.75 Å². The van der Waals surface area contributed by atoms with Crippen LogP contribution in [0.2, 0.25) is 0 Å². The van der Waals surface area contributed by atoms with Crippen molar-refractivity contribution in [2.45, 2.75) is 12.8 Å². The molecule has 3 N–H and O–H groups in total. The van der Waals surface area contributed by atoms with E-state index in [0.29, 0.717) is 40.6 Å². The Morgan fingerprint density at radius 2 is 1.96 bits per heavy atom. The van der Waals surface area contributed by atoms with Crippen LogP contribution in [0.15, 0.2) is 51.7 Å². The van der Waals surface area contributed by atoms with Crippen molar-refractivity contribution in [3.05, 3.63) is 69.6 Å². The number of nitrogens with zero attached hydrogens (tertiary/aromatic N) is 1. The van der Waals surface area contributed by atoms with E-state index in [9.17, 15) is 14.7 Å². The normalized spacial score (nSPS) is 10.8. The van der Waals surface area contributed by atoms with Gasteiger partial charge in [-0.25, -0.2) is 9.59 Å². The third-order valence-electron chi connectivity index (χ3n) is 4.36. The van der Waals surface area contributed by atoms with Gasteiger partial charge >= 0.3 is 11.7 Å². The molecule has 0 aliphatic carbocycles. The lowest BCUT2D eigenvalue weighted by atomic mass is 9.96.